The molecule has 0 aliphatic carbocycles. The van der Waals surface area contributed by atoms with E-state index in [1.165, 1.54) is 11.1 Å². The number of halogens is 2. The van der Waals surface area contributed by atoms with Crippen molar-refractivity contribution < 1.29 is 0 Å². The van der Waals surface area contributed by atoms with Crippen LogP contribution in [0.4, 0.5) is 11.5 Å². The van der Waals surface area contributed by atoms with Gasteiger partial charge in [0, 0.05) is 29.4 Å². The van der Waals surface area contributed by atoms with Crippen LogP contribution in [-0.4, -0.2) is 11.5 Å². The highest BCUT2D eigenvalue weighted by Gasteiger charge is 2.20. The first-order chi connectivity index (χ1) is 9.15. The molecule has 0 fully saturated rings. The third-order valence-electron chi connectivity index (χ3n) is 3.39. The van der Waals surface area contributed by atoms with Gasteiger partial charge >= 0.3 is 0 Å². The quantitative estimate of drug-likeness (QED) is 0.807. The Morgan fingerprint density at radius 1 is 1.37 bits per heavy atom. The highest BCUT2D eigenvalue weighted by molar-refractivity contribution is 9.10. The van der Waals surface area contributed by atoms with Crippen molar-refractivity contribution in [2.75, 3.05) is 17.2 Å². The number of anilines is 2. The van der Waals surface area contributed by atoms with E-state index in [1.54, 1.807) is 6.20 Å². The van der Waals surface area contributed by atoms with Crippen molar-refractivity contribution in [2.45, 2.75) is 13.0 Å². The molecule has 0 saturated carbocycles. The van der Waals surface area contributed by atoms with Crippen LogP contribution in [0.1, 0.15) is 11.1 Å². The van der Waals surface area contributed by atoms with Crippen LogP contribution >= 0.6 is 27.5 Å². The molecule has 19 heavy (non-hydrogen) atoms. The molecule has 0 bridgehead atoms. The van der Waals surface area contributed by atoms with Gasteiger partial charge in [0.15, 0.2) is 0 Å². The summed E-state index contributed by atoms with van der Waals surface area (Å²) >= 11 is 9.64. The average Bonchev–Trinajstić information content (AvgIpc) is 2.38. The van der Waals surface area contributed by atoms with Gasteiger partial charge in [-0.15, -0.1) is 0 Å². The zero-order valence-electron chi connectivity index (χ0n) is 10.2. The highest BCUT2D eigenvalue weighted by Crippen LogP contribution is 2.31. The molecule has 3 rings (SSSR count). The number of nitrogen functional groups attached to an aromatic ring is 1. The predicted molar refractivity (Wildman–Crippen MR) is 82.6 cm³/mol. The van der Waals surface area contributed by atoms with Gasteiger partial charge in [-0.05, 0) is 45.6 Å². The maximum Gasteiger partial charge on any atom is 0.147 e. The summed E-state index contributed by atoms with van der Waals surface area (Å²) in [6.07, 6.45) is 2.70. The van der Waals surface area contributed by atoms with Crippen LogP contribution in [0.5, 0.6) is 0 Å². The van der Waals surface area contributed by atoms with Crippen molar-refractivity contribution in [3.63, 3.8) is 0 Å². The van der Waals surface area contributed by atoms with E-state index >= 15 is 0 Å². The number of fused-ring (bicyclic) bond motifs is 1. The summed E-state index contributed by atoms with van der Waals surface area (Å²) in [5, 5.41) is 0.668. The minimum atomic E-state index is 0.668. The Kier molecular flexibility index (Phi) is 3.37. The first-order valence-electron chi connectivity index (χ1n) is 6.07. The third-order valence-corrected chi connectivity index (χ3v) is 4.10. The number of aromatic nitrogens is 1. The maximum absolute atomic E-state index is 6.26. The summed E-state index contributed by atoms with van der Waals surface area (Å²) in [7, 11) is 0. The van der Waals surface area contributed by atoms with Crippen LogP contribution in [0, 0.1) is 0 Å². The number of hydrogen-bond acceptors (Lipinski definition) is 3. The molecular formula is C14H13BrClN3. The van der Waals surface area contributed by atoms with E-state index in [0.717, 1.165) is 35.5 Å². The monoisotopic (exact) mass is 337 g/mol. The van der Waals surface area contributed by atoms with Gasteiger partial charge in [-0.25, -0.2) is 4.98 Å². The van der Waals surface area contributed by atoms with Crippen LogP contribution in [-0.2, 0) is 13.0 Å². The Morgan fingerprint density at radius 2 is 2.21 bits per heavy atom. The molecule has 0 atom stereocenters. The standard InChI is InChI=1S/C14H13BrClN3/c15-10-6-12(16)14(18-7-10)19-5-4-11-9(8-19)2-1-3-13(11)17/h1-3,6-7H,4-5,8,17H2. The minimum absolute atomic E-state index is 0.668. The molecule has 1 aromatic carbocycles. The molecule has 0 amide bonds. The lowest BCUT2D eigenvalue weighted by atomic mass is 9.98. The van der Waals surface area contributed by atoms with Gasteiger partial charge in [-0.3, -0.25) is 0 Å². The second kappa shape index (κ2) is 5.02. The molecule has 2 heterocycles. The van der Waals surface area contributed by atoms with Crippen LogP contribution in [0.3, 0.4) is 0 Å². The summed E-state index contributed by atoms with van der Waals surface area (Å²) in [6.45, 7) is 1.68. The van der Waals surface area contributed by atoms with Crippen LogP contribution in [0.25, 0.3) is 0 Å². The van der Waals surface area contributed by atoms with E-state index in [2.05, 4.69) is 31.9 Å². The highest BCUT2D eigenvalue weighted by atomic mass is 79.9. The average molecular weight is 339 g/mol. The second-order valence-corrected chi connectivity index (χ2v) is 5.94. The number of pyridine rings is 1. The zero-order valence-corrected chi connectivity index (χ0v) is 12.6. The fourth-order valence-corrected chi connectivity index (χ4v) is 3.21. The molecule has 0 saturated heterocycles. The SMILES string of the molecule is Nc1cccc2c1CCN(c1ncc(Br)cc1Cl)C2. The van der Waals surface area contributed by atoms with Crippen molar-refractivity contribution >= 4 is 39.0 Å². The van der Waals surface area contributed by atoms with Gasteiger partial charge in [-0.1, -0.05) is 23.7 Å². The van der Waals surface area contributed by atoms with E-state index in [4.69, 9.17) is 17.3 Å². The molecule has 2 aromatic rings. The van der Waals surface area contributed by atoms with E-state index in [-0.39, 0.29) is 0 Å². The molecule has 1 aliphatic heterocycles. The van der Waals surface area contributed by atoms with Gasteiger partial charge in [0.05, 0.1) is 5.02 Å². The fourth-order valence-electron chi connectivity index (χ4n) is 2.46. The van der Waals surface area contributed by atoms with Crippen molar-refractivity contribution in [1.82, 2.24) is 4.98 Å². The van der Waals surface area contributed by atoms with Gasteiger partial charge in [0.1, 0.15) is 5.82 Å². The predicted octanol–water partition coefficient (Wildman–Crippen LogP) is 3.64. The molecule has 98 valence electrons. The van der Waals surface area contributed by atoms with Gasteiger partial charge in [0.2, 0.25) is 0 Å². The molecule has 3 nitrogen and oxygen atoms in total. The molecule has 2 N–H and O–H groups in total. The van der Waals surface area contributed by atoms with E-state index in [0.29, 0.717) is 5.02 Å². The maximum atomic E-state index is 6.26. The number of benzene rings is 1. The first kappa shape index (κ1) is 12.8. The van der Waals surface area contributed by atoms with Crippen molar-refractivity contribution in [1.29, 1.82) is 0 Å². The zero-order chi connectivity index (χ0) is 13.4. The number of nitrogens with zero attached hydrogens (tertiary/aromatic N) is 2. The topological polar surface area (TPSA) is 42.1 Å². The first-order valence-corrected chi connectivity index (χ1v) is 7.24. The van der Waals surface area contributed by atoms with E-state index < -0.39 is 0 Å². The summed E-state index contributed by atoms with van der Waals surface area (Å²) < 4.78 is 0.892. The van der Waals surface area contributed by atoms with Gasteiger partial charge in [-0.2, -0.15) is 0 Å². The molecular weight excluding hydrogens is 326 g/mol. The third kappa shape index (κ3) is 2.42. The van der Waals surface area contributed by atoms with Crippen molar-refractivity contribution in [3.8, 4) is 0 Å². The van der Waals surface area contributed by atoms with Gasteiger partial charge in [0.25, 0.3) is 0 Å². The smallest absolute Gasteiger partial charge is 0.147 e. The van der Waals surface area contributed by atoms with Crippen molar-refractivity contribution in [2.24, 2.45) is 0 Å². The lowest BCUT2D eigenvalue weighted by Gasteiger charge is -2.31. The van der Waals surface area contributed by atoms with E-state index in [9.17, 15) is 0 Å². The molecule has 0 spiro atoms. The number of hydrogen-bond donors (Lipinski definition) is 1. The summed E-state index contributed by atoms with van der Waals surface area (Å²) in [6, 6.07) is 7.94. The van der Waals surface area contributed by atoms with Crippen LogP contribution < -0.4 is 10.6 Å². The molecule has 0 radical (unpaired) electrons. The Bertz CT molecular complexity index is 630. The Morgan fingerprint density at radius 3 is 3.00 bits per heavy atom. The number of rotatable bonds is 1. The lowest BCUT2D eigenvalue weighted by molar-refractivity contribution is 0.722. The Hall–Kier alpha value is -1.26. The minimum Gasteiger partial charge on any atom is -0.398 e. The Balaban J connectivity index is 1.93. The summed E-state index contributed by atoms with van der Waals surface area (Å²) in [4.78, 5) is 6.60. The summed E-state index contributed by atoms with van der Waals surface area (Å²) in [5.74, 6) is 0.831. The largest absolute Gasteiger partial charge is 0.398 e. The van der Waals surface area contributed by atoms with Crippen LogP contribution in [0.15, 0.2) is 34.9 Å². The molecule has 1 aliphatic rings. The van der Waals surface area contributed by atoms with Crippen molar-refractivity contribution in [3.05, 3.63) is 51.1 Å². The second-order valence-electron chi connectivity index (χ2n) is 4.62. The van der Waals surface area contributed by atoms with Crippen LogP contribution in [0.2, 0.25) is 5.02 Å². The van der Waals surface area contributed by atoms with E-state index in [1.807, 2.05) is 18.2 Å². The molecule has 0 unspecified atom stereocenters. The fraction of sp³-hybridized carbons (Fsp3) is 0.214. The lowest BCUT2D eigenvalue weighted by Crippen LogP contribution is -2.31. The summed E-state index contributed by atoms with van der Waals surface area (Å²) in [5.41, 5.74) is 9.40. The normalized spacial score (nSPS) is 14.3. The number of nitrogens with two attached hydrogens (primary N) is 1. The van der Waals surface area contributed by atoms with Gasteiger partial charge < -0.3 is 10.6 Å². The Labute approximate surface area is 125 Å². The molecule has 5 heteroatoms. The molecule has 1 aromatic heterocycles.